The first kappa shape index (κ1) is 15.0. The molecule has 0 radical (unpaired) electrons. The third-order valence-corrected chi connectivity index (χ3v) is 3.76. The summed E-state index contributed by atoms with van der Waals surface area (Å²) in [6.07, 6.45) is 0. The van der Waals surface area contributed by atoms with Crippen LogP contribution in [-0.4, -0.2) is 43.7 Å². The Morgan fingerprint density at radius 3 is 2.95 bits per heavy atom. The molecule has 1 aliphatic rings. The monoisotopic (exact) mass is 313 g/mol. The predicted octanol–water partition coefficient (Wildman–Crippen LogP) is 0.925. The van der Waals surface area contributed by atoms with Gasteiger partial charge in [0.05, 0.1) is 23.9 Å². The van der Waals surface area contributed by atoms with E-state index in [0.717, 1.165) is 5.69 Å². The van der Waals surface area contributed by atoms with E-state index < -0.39 is 0 Å². The summed E-state index contributed by atoms with van der Waals surface area (Å²) in [7, 11) is 1.60. The summed E-state index contributed by atoms with van der Waals surface area (Å²) in [5, 5.41) is 3.16. The Morgan fingerprint density at radius 1 is 1.60 bits per heavy atom. The summed E-state index contributed by atoms with van der Waals surface area (Å²) in [5.41, 5.74) is 7.07. The van der Waals surface area contributed by atoms with E-state index in [1.54, 1.807) is 19.2 Å². The fourth-order valence-electron chi connectivity index (χ4n) is 2.17. The number of morpholine rings is 1. The number of carbonyl (C=O) groups is 1. The first-order valence-electron chi connectivity index (χ1n) is 6.20. The molecule has 1 amide bonds. The topological polar surface area (TPSA) is 67.6 Å². The number of ether oxygens (including phenoxy) is 1. The number of rotatable bonds is 3. The van der Waals surface area contributed by atoms with Gasteiger partial charge in [-0.05, 0) is 18.2 Å². The molecule has 0 aliphatic carbocycles. The van der Waals surface area contributed by atoms with Gasteiger partial charge in [-0.25, -0.2) is 0 Å². The Hall–Kier alpha value is -1.37. The molecular weight excluding hydrogens is 298 g/mol. The van der Waals surface area contributed by atoms with Gasteiger partial charge in [-0.2, -0.15) is 0 Å². The molecule has 1 fully saturated rings. The van der Waals surface area contributed by atoms with Gasteiger partial charge in [0.15, 0.2) is 0 Å². The van der Waals surface area contributed by atoms with Crippen molar-refractivity contribution in [2.75, 3.05) is 31.7 Å². The molecule has 108 valence electrons. The van der Waals surface area contributed by atoms with E-state index in [4.69, 9.17) is 34.3 Å². The molecule has 1 aliphatic heterocycles. The lowest BCUT2D eigenvalue weighted by Gasteiger charge is -2.36. The van der Waals surface area contributed by atoms with Gasteiger partial charge in [-0.1, -0.05) is 23.8 Å². The number of nitrogens with one attached hydrogen (secondary N) is 1. The molecule has 0 bridgehead atoms. The minimum Gasteiger partial charge on any atom is -0.389 e. The Kier molecular flexibility index (Phi) is 4.80. The Labute approximate surface area is 128 Å². The van der Waals surface area contributed by atoms with Crippen LogP contribution in [0.3, 0.4) is 0 Å². The van der Waals surface area contributed by atoms with Crippen LogP contribution in [0.25, 0.3) is 0 Å². The van der Waals surface area contributed by atoms with Crippen LogP contribution in [0.15, 0.2) is 18.2 Å². The van der Waals surface area contributed by atoms with Crippen LogP contribution < -0.4 is 16.0 Å². The molecule has 1 atom stereocenters. The molecule has 2 rings (SSSR count). The van der Waals surface area contributed by atoms with Crippen LogP contribution in [0.5, 0.6) is 0 Å². The van der Waals surface area contributed by atoms with Gasteiger partial charge in [-0.15, -0.1) is 0 Å². The molecule has 5 nitrogen and oxygen atoms in total. The summed E-state index contributed by atoms with van der Waals surface area (Å²) in [6, 6.07) is 4.97. The van der Waals surface area contributed by atoms with Gasteiger partial charge in [0.2, 0.25) is 5.91 Å². The van der Waals surface area contributed by atoms with Crippen molar-refractivity contribution in [2.24, 2.45) is 5.73 Å². The number of hydrogen-bond acceptors (Lipinski definition) is 4. The van der Waals surface area contributed by atoms with Crippen LogP contribution in [0.2, 0.25) is 5.02 Å². The number of thiocarbonyl (C=S) groups is 1. The zero-order valence-corrected chi connectivity index (χ0v) is 12.6. The molecule has 1 unspecified atom stereocenters. The fraction of sp³-hybridized carbons (Fsp3) is 0.385. The van der Waals surface area contributed by atoms with Crippen molar-refractivity contribution in [2.45, 2.75) is 6.04 Å². The molecular formula is C13H16ClN3O2S. The van der Waals surface area contributed by atoms with Crippen LogP contribution >= 0.6 is 23.8 Å². The number of amides is 1. The third kappa shape index (κ3) is 3.03. The molecule has 0 aromatic heterocycles. The van der Waals surface area contributed by atoms with E-state index in [0.29, 0.717) is 35.3 Å². The maximum atomic E-state index is 11.9. The van der Waals surface area contributed by atoms with E-state index in [9.17, 15) is 4.79 Å². The summed E-state index contributed by atoms with van der Waals surface area (Å²) >= 11 is 11.2. The van der Waals surface area contributed by atoms with Crippen LogP contribution in [-0.2, 0) is 9.53 Å². The van der Waals surface area contributed by atoms with E-state index in [1.165, 1.54) is 0 Å². The normalized spacial score (nSPS) is 18.7. The molecule has 1 saturated heterocycles. The maximum absolute atomic E-state index is 11.9. The van der Waals surface area contributed by atoms with E-state index >= 15 is 0 Å². The van der Waals surface area contributed by atoms with Gasteiger partial charge in [0.1, 0.15) is 11.0 Å². The van der Waals surface area contributed by atoms with E-state index in [2.05, 4.69) is 5.32 Å². The Balaban J connectivity index is 2.32. The zero-order valence-electron chi connectivity index (χ0n) is 11.1. The SMILES string of the molecule is CNC(=O)C1COCCN1c1ccc(C(N)=S)cc1Cl. The van der Waals surface area contributed by atoms with Crippen molar-refractivity contribution in [3.8, 4) is 0 Å². The van der Waals surface area contributed by atoms with Crippen molar-refractivity contribution in [3.05, 3.63) is 28.8 Å². The molecule has 1 aromatic rings. The van der Waals surface area contributed by atoms with Crippen molar-refractivity contribution < 1.29 is 9.53 Å². The minimum absolute atomic E-state index is 0.0980. The van der Waals surface area contributed by atoms with Gasteiger partial charge in [0.25, 0.3) is 0 Å². The number of hydrogen-bond donors (Lipinski definition) is 2. The van der Waals surface area contributed by atoms with Gasteiger partial charge < -0.3 is 20.7 Å². The van der Waals surface area contributed by atoms with Crippen molar-refractivity contribution >= 4 is 40.4 Å². The van der Waals surface area contributed by atoms with Crippen LogP contribution in [0, 0.1) is 0 Å². The third-order valence-electron chi connectivity index (χ3n) is 3.22. The molecule has 1 aromatic carbocycles. The lowest BCUT2D eigenvalue weighted by atomic mass is 10.1. The number of nitrogens with two attached hydrogens (primary N) is 1. The fourth-order valence-corrected chi connectivity index (χ4v) is 2.59. The van der Waals surface area contributed by atoms with Gasteiger partial charge >= 0.3 is 0 Å². The quantitative estimate of drug-likeness (QED) is 0.813. The van der Waals surface area contributed by atoms with Gasteiger partial charge in [0, 0.05) is 19.2 Å². The molecule has 1 heterocycles. The highest BCUT2D eigenvalue weighted by molar-refractivity contribution is 7.80. The second kappa shape index (κ2) is 6.39. The second-order valence-corrected chi connectivity index (χ2v) is 5.28. The smallest absolute Gasteiger partial charge is 0.244 e. The lowest BCUT2D eigenvalue weighted by molar-refractivity contribution is -0.124. The molecule has 0 saturated carbocycles. The number of anilines is 1. The number of carbonyl (C=O) groups excluding carboxylic acids is 1. The van der Waals surface area contributed by atoms with Gasteiger partial charge in [-0.3, -0.25) is 4.79 Å². The van der Waals surface area contributed by atoms with E-state index in [1.807, 2.05) is 11.0 Å². The van der Waals surface area contributed by atoms with Crippen molar-refractivity contribution in [1.29, 1.82) is 0 Å². The lowest BCUT2D eigenvalue weighted by Crippen LogP contribution is -2.53. The van der Waals surface area contributed by atoms with Crippen LogP contribution in [0.4, 0.5) is 5.69 Å². The highest BCUT2D eigenvalue weighted by Crippen LogP contribution is 2.29. The number of likely N-dealkylation sites (N-methyl/N-ethyl adjacent to an activating group) is 1. The maximum Gasteiger partial charge on any atom is 0.244 e. The zero-order chi connectivity index (χ0) is 14.7. The highest BCUT2D eigenvalue weighted by atomic mass is 35.5. The molecule has 3 N–H and O–H groups in total. The molecule has 20 heavy (non-hydrogen) atoms. The second-order valence-electron chi connectivity index (χ2n) is 4.43. The number of nitrogens with zero attached hydrogens (tertiary/aromatic N) is 1. The highest BCUT2D eigenvalue weighted by Gasteiger charge is 2.30. The minimum atomic E-state index is -0.387. The summed E-state index contributed by atoms with van der Waals surface area (Å²) in [5.74, 6) is -0.0980. The molecule has 7 heteroatoms. The summed E-state index contributed by atoms with van der Waals surface area (Å²) in [4.78, 5) is 14.2. The van der Waals surface area contributed by atoms with E-state index in [-0.39, 0.29) is 11.9 Å². The first-order valence-corrected chi connectivity index (χ1v) is 6.98. The Bertz CT molecular complexity index is 538. The average Bonchev–Trinajstić information content (AvgIpc) is 2.46. The first-order chi connectivity index (χ1) is 9.54. The largest absolute Gasteiger partial charge is 0.389 e. The van der Waals surface area contributed by atoms with Crippen molar-refractivity contribution in [3.63, 3.8) is 0 Å². The number of benzene rings is 1. The van der Waals surface area contributed by atoms with Crippen LogP contribution in [0.1, 0.15) is 5.56 Å². The van der Waals surface area contributed by atoms with Crippen molar-refractivity contribution in [1.82, 2.24) is 5.32 Å². The average molecular weight is 314 g/mol. The summed E-state index contributed by atoms with van der Waals surface area (Å²) in [6.45, 7) is 1.50. The Morgan fingerprint density at radius 2 is 2.35 bits per heavy atom. The predicted molar refractivity (Wildman–Crippen MR) is 83.4 cm³/mol. The summed E-state index contributed by atoms with van der Waals surface area (Å²) < 4.78 is 5.37. The number of halogens is 1. The standard InChI is InChI=1S/C13H16ClN3O2S/c1-16-13(18)11-7-19-5-4-17(11)10-3-2-8(12(15)20)6-9(10)14/h2-3,6,11H,4-5,7H2,1H3,(H2,15,20)(H,16,18). The molecule has 0 spiro atoms.